The van der Waals surface area contributed by atoms with Crippen molar-refractivity contribution in [3.63, 3.8) is 0 Å². The molecule has 180 valence electrons. The molecule has 0 radical (unpaired) electrons. The molecule has 4 rings (SSSR count). The van der Waals surface area contributed by atoms with Gasteiger partial charge in [0.25, 0.3) is 0 Å². The van der Waals surface area contributed by atoms with Gasteiger partial charge in [-0.2, -0.15) is 0 Å². The minimum absolute atomic E-state index is 0.297. The molecule has 1 aromatic heterocycles. The largest absolute Gasteiger partial charge is 0.345 e. The lowest BCUT2D eigenvalue weighted by Gasteiger charge is -2.34. The van der Waals surface area contributed by atoms with Crippen molar-refractivity contribution >= 4 is 23.0 Å². The fourth-order valence-corrected chi connectivity index (χ4v) is 5.22. The van der Waals surface area contributed by atoms with Gasteiger partial charge in [-0.05, 0) is 74.3 Å². The van der Waals surface area contributed by atoms with Gasteiger partial charge in [0, 0.05) is 36.2 Å². The van der Waals surface area contributed by atoms with E-state index in [-0.39, 0.29) is 0 Å². The smallest absolute Gasteiger partial charge is 0.174 e. The van der Waals surface area contributed by atoms with Crippen LogP contribution in [0.5, 0.6) is 0 Å². The Morgan fingerprint density at radius 1 is 1.00 bits per heavy atom. The number of nitrogens with zero attached hydrogens (tertiary/aromatic N) is 2. The summed E-state index contributed by atoms with van der Waals surface area (Å²) in [5.74, 6) is -1.23. The summed E-state index contributed by atoms with van der Waals surface area (Å²) in [7, 11) is 0. The van der Waals surface area contributed by atoms with E-state index < -0.39 is 11.6 Å². The second kappa shape index (κ2) is 11.1. The Labute approximate surface area is 206 Å². The number of hydrogen-bond acceptors (Lipinski definition) is 1. The first kappa shape index (κ1) is 24.4. The Balaban J connectivity index is 1.57. The molecule has 1 aliphatic carbocycles. The van der Waals surface area contributed by atoms with Gasteiger partial charge in [-0.15, -0.1) is 0 Å². The van der Waals surface area contributed by atoms with Crippen LogP contribution >= 0.6 is 12.2 Å². The molecule has 1 fully saturated rings. The Kier molecular flexibility index (Phi) is 7.99. The molecule has 2 aromatic carbocycles. The molecule has 0 aliphatic heterocycles. The highest BCUT2D eigenvalue weighted by atomic mass is 32.1. The average molecular weight is 482 g/mol. The molecule has 3 nitrogen and oxygen atoms in total. The molecule has 1 N–H and O–H groups in total. The van der Waals surface area contributed by atoms with E-state index in [0.717, 1.165) is 25.5 Å². The van der Waals surface area contributed by atoms with E-state index in [2.05, 4.69) is 65.2 Å². The van der Waals surface area contributed by atoms with Crippen molar-refractivity contribution in [1.29, 1.82) is 0 Å². The van der Waals surface area contributed by atoms with Gasteiger partial charge in [-0.25, -0.2) is 8.78 Å². The zero-order chi connectivity index (χ0) is 24.1. The first-order valence-electron chi connectivity index (χ1n) is 12.1. The van der Waals surface area contributed by atoms with E-state index in [0.29, 0.717) is 23.4 Å². The molecule has 0 spiro atoms. The molecule has 1 saturated carbocycles. The van der Waals surface area contributed by atoms with Crippen LogP contribution in [0.4, 0.5) is 14.5 Å². The third-order valence-electron chi connectivity index (χ3n) is 6.73. The first-order valence-corrected chi connectivity index (χ1v) is 12.5. The van der Waals surface area contributed by atoms with Crippen molar-refractivity contribution in [3.05, 3.63) is 88.7 Å². The summed E-state index contributed by atoms with van der Waals surface area (Å²) in [6.07, 6.45) is 9.06. The summed E-state index contributed by atoms with van der Waals surface area (Å²) in [6.45, 7) is 5.70. The Morgan fingerprint density at radius 3 is 2.38 bits per heavy atom. The second-order valence-corrected chi connectivity index (χ2v) is 9.81. The number of thiocarbonyl (C=S) groups is 1. The number of aromatic nitrogens is 1. The highest BCUT2D eigenvalue weighted by molar-refractivity contribution is 7.80. The van der Waals surface area contributed by atoms with Gasteiger partial charge < -0.3 is 14.8 Å². The maximum absolute atomic E-state index is 13.8. The summed E-state index contributed by atoms with van der Waals surface area (Å²) < 4.78 is 29.8. The van der Waals surface area contributed by atoms with Crippen molar-refractivity contribution in [3.8, 4) is 0 Å². The van der Waals surface area contributed by atoms with Crippen molar-refractivity contribution in [2.45, 2.75) is 71.5 Å². The molecule has 0 atom stereocenters. The van der Waals surface area contributed by atoms with Gasteiger partial charge in [0.2, 0.25) is 0 Å². The molecule has 6 heteroatoms. The number of rotatable bonds is 6. The fraction of sp³-hybridized carbons (Fsp3) is 0.393. The van der Waals surface area contributed by atoms with Crippen LogP contribution < -0.4 is 5.32 Å². The molecule has 1 heterocycles. The van der Waals surface area contributed by atoms with E-state index in [1.165, 1.54) is 60.2 Å². The molecule has 1 aliphatic rings. The molecular weight excluding hydrogens is 448 g/mol. The first-order chi connectivity index (χ1) is 16.4. The van der Waals surface area contributed by atoms with Crippen LogP contribution in [0, 0.1) is 25.5 Å². The predicted molar refractivity (Wildman–Crippen MR) is 139 cm³/mol. The predicted octanol–water partition coefficient (Wildman–Crippen LogP) is 7.35. The minimum Gasteiger partial charge on any atom is -0.345 e. The molecule has 3 aromatic rings. The SMILES string of the molecule is Cc1ccc(Cn2cccc2CN(C(=S)Nc2cc(F)cc(F)c2)C2CCCCCC2)c(C)c1. The Morgan fingerprint density at radius 2 is 1.71 bits per heavy atom. The van der Waals surface area contributed by atoms with Crippen LogP contribution in [-0.4, -0.2) is 20.6 Å². The maximum Gasteiger partial charge on any atom is 0.174 e. The van der Waals surface area contributed by atoms with E-state index in [4.69, 9.17) is 12.2 Å². The summed E-state index contributed by atoms with van der Waals surface area (Å²) >= 11 is 5.81. The third-order valence-corrected chi connectivity index (χ3v) is 7.07. The number of benzene rings is 2. The quantitative estimate of drug-likeness (QED) is 0.293. The third kappa shape index (κ3) is 6.23. The van der Waals surface area contributed by atoms with Gasteiger partial charge in [-0.3, -0.25) is 0 Å². The molecule has 0 unspecified atom stereocenters. The summed E-state index contributed by atoms with van der Waals surface area (Å²) in [4.78, 5) is 2.22. The highest BCUT2D eigenvalue weighted by Crippen LogP contribution is 2.25. The summed E-state index contributed by atoms with van der Waals surface area (Å²) in [5.41, 5.74) is 5.34. The maximum atomic E-state index is 13.8. The number of nitrogens with one attached hydrogen (secondary N) is 1. The zero-order valence-corrected chi connectivity index (χ0v) is 20.8. The van der Waals surface area contributed by atoms with Gasteiger partial charge >= 0.3 is 0 Å². The molecule has 0 amide bonds. The van der Waals surface area contributed by atoms with Crippen LogP contribution in [0.3, 0.4) is 0 Å². The fourth-order valence-electron chi connectivity index (χ4n) is 4.89. The van der Waals surface area contributed by atoms with Crippen LogP contribution in [0.1, 0.15) is 60.9 Å². The van der Waals surface area contributed by atoms with E-state index in [1.807, 2.05) is 0 Å². The lowest BCUT2D eigenvalue weighted by molar-refractivity contribution is 0.274. The molecule has 0 bridgehead atoms. The molecule has 34 heavy (non-hydrogen) atoms. The zero-order valence-electron chi connectivity index (χ0n) is 20.0. The average Bonchev–Trinajstić information content (AvgIpc) is 3.03. The van der Waals surface area contributed by atoms with Gasteiger partial charge in [-0.1, -0.05) is 49.4 Å². The van der Waals surface area contributed by atoms with Crippen molar-refractivity contribution in [1.82, 2.24) is 9.47 Å². The van der Waals surface area contributed by atoms with Crippen molar-refractivity contribution < 1.29 is 8.78 Å². The topological polar surface area (TPSA) is 20.2 Å². The van der Waals surface area contributed by atoms with Crippen LogP contribution in [0.25, 0.3) is 0 Å². The highest BCUT2D eigenvalue weighted by Gasteiger charge is 2.24. The lowest BCUT2D eigenvalue weighted by atomic mass is 10.1. The van der Waals surface area contributed by atoms with E-state index in [1.54, 1.807) is 0 Å². The standard InChI is InChI=1S/C28H33F2N3S/c1-20-11-12-22(21(2)14-20)18-32-13-7-10-27(32)19-33(26-8-5-3-4-6-9-26)28(34)31-25-16-23(29)15-24(30)17-25/h7,10-17,26H,3-6,8-9,18-19H2,1-2H3,(H,31,34). The Bertz CT molecular complexity index is 1110. The molecular formula is C28H33F2N3S. The minimum atomic E-state index is -0.617. The van der Waals surface area contributed by atoms with Gasteiger partial charge in [0.15, 0.2) is 5.11 Å². The van der Waals surface area contributed by atoms with E-state index >= 15 is 0 Å². The number of halogens is 2. The number of anilines is 1. The van der Waals surface area contributed by atoms with Crippen molar-refractivity contribution in [2.24, 2.45) is 0 Å². The van der Waals surface area contributed by atoms with Gasteiger partial charge in [0.1, 0.15) is 11.6 Å². The van der Waals surface area contributed by atoms with Crippen LogP contribution in [0.2, 0.25) is 0 Å². The van der Waals surface area contributed by atoms with Crippen molar-refractivity contribution in [2.75, 3.05) is 5.32 Å². The monoisotopic (exact) mass is 481 g/mol. The van der Waals surface area contributed by atoms with Gasteiger partial charge in [0.05, 0.1) is 6.54 Å². The lowest BCUT2D eigenvalue weighted by Crippen LogP contribution is -2.42. The van der Waals surface area contributed by atoms with Crippen LogP contribution in [-0.2, 0) is 13.1 Å². The second-order valence-electron chi connectivity index (χ2n) is 9.42. The Hall–Kier alpha value is -2.73. The number of aryl methyl sites for hydroxylation is 2. The van der Waals surface area contributed by atoms with E-state index in [9.17, 15) is 8.78 Å². The summed E-state index contributed by atoms with van der Waals surface area (Å²) in [6, 6.07) is 14.5. The summed E-state index contributed by atoms with van der Waals surface area (Å²) in [5, 5.41) is 3.62. The molecule has 0 saturated heterocycles. The number of hydrogen-bond donors (Lipinski definition) is 1. The normalized spacial score (nSPS) is 14.6. The van der Waals surface area contributed by atoms with Crippen LogP contribution in [0.15, 0.2) is 54.7 Å².